The Labute approximate surface area is 211 Å². The summed E-state index contributed by atoms with van der Waals surface area (Å²) in [6.07, 6.45) is -0.249. The first-order valence-electron chi connectivity index (χ1n) is 11.7. The van der Waals surface area contributed by atoms with E-state index in [4.69, 9.17) is 19.3 Å². The van der Waals surface area contributed by atoms with Crippen LogP contribution >= 0.6 is 0 Å². The highest BCUT2D eigenvalue weighted by Crippen LogP contribution is 2.27. The van der Waals surface area contributed by atoms with Gasteiger partial charge in [-0.3, -0.25) is 4.90 Å². The number of benzene rings is 2. The average Bonchev–Trinajstić information content (AvgIpc) is 3.25. The molecule has 36 heavy (non-hydrogen) atoms. The maximum atomic E-state index is 13.2. The van der Waals surface area contributed by atoms with Gasteiger partial charge in [-0.05, 0) is 49.2 Å². The van der Waals surface area contributed by atoms with E-state index in [0.29, 0.717) is 56.3 Å². The molecule has 2 aromatic carbocycles. The van der Waals surface area contributed by atoms with E-state index in [-0.39, 0.29) is 11.0 Å². The SMILES string of the molecule is COc1cccc([C@@H](CN2CCN(S(=O)(=O)c3c(C)noc3C)CC2)OCc2ccc(C#N)cc2)c1. The van der Waals surface area contributed by atoms with Crippen LogP contribution in [0.3, 0.4) is 0 Å². The summed E-state index contributed by atoms with van der Waals surface area (Å²) in [5.74, 6) is 1.05. The van der Waals surface area contributed by atoms with Gasteiger partial charge in [0.05, 0.1) is 31.5 Å². The molecule has 0 unspecified atom stereocenters. The second-order valence-corrected chi connectivity index (χ2v) is 10.6. The highest BCUT2D eigenvalue weighted by atomic mass is 32.2. The summed E-state index contributed by atoms with van der Waals surface area (Å²) in [7, 11) is -2.04. The molecule has 0 amide bonds. The molecule has 190 valence electrons. The monoisotopic (exact) mass is 510 g/mol. The van der Waals surface area contributed by atoms with Crippen LogP contribution in [0.2, 0.25) is 0 Å². The minimum atomic E-state index is -3.67. The number of methoxy groups -OCH3 is 1. The van der Waals surface area contributed by atoms with Crippen LogP contribution in [0.5, 0.6) is 5.75 Å². The number of hydrogen-bond donors (Lipinski definition) is 0. The summed E-state index contributed by atoms with van der Waals surface area (Å²) in [6, 6.07) is 17.2. The minimum Gasteiger partial charge on any atom is -0.497 e. The van der Waals surface area contributed by atoms with Crippen LogP contribution in [0.15, 0.2) is 57.9 Å². The molecule has 4 rings (SSSR count). The van der Waals surface area contributed by atoms with E-state index in [1.54, 1.807) is 33.1 Å². The minimum absolute atomic E-state index is 0.163. The van der Waals surface area contributed by atoms with Gasteiger partial charge in [-0.15, -0.1) is 0 Å². The molecule has 0 N–H and O–H groups in total. The van der Waals surface area contributed by atoms with Gasteiger partial charge in [-0.2, -0.15) is 9.57 Å². The summed E-state index contributed by atoms with van der Waals surface area (Å²) in [6.45, 7) is 6.12. The van der Waals surface area contributed by atoms with E-state index in [0.717, 1.165) is 16.9 Å². The largest absolute Gasteiger partial charge is 0.497 e. The molecule has 1 saturated heterocycles. The zero-order valence-electron chi connectivity index (χ0n) is 20.7. The van der Waals surface area contributed by atoms with Gasteiger partial charge < -0.3 is 14.0 Å². The van der Waals surface area contributed by atoms with Gasteiger partial charge in [-0.25, -0.2) is 8.42 Å². The molecule has 1 aliphatic heterocycles. The number of ether oxygens (including phenoxy) is 2. The van der Waals surface area contributed by atoms with Crippen LogP contribution in [0.1, 0.15) is 34.2 Å². The van der Waals surface area contributed by atoms with Gasteiger partial charge in [0.15, 0.2) is 5.76 Å². The van der Waals surface area contributed by atoms with E-state index in [1.807, 2.05) is 36.4 Å². The van der Waals surface area contributed by atoms with Gasteiger partial charge in [0.2, 0.25) is 10.0 Å². The first kappa shape index (κ1) is 25.9. The number of aryl methyl sites for hydroxylation is 2. The molecular formula is C26H30N4O5S. The smallest absolute Gasteiger partial charge is 0.248 e. The fraction of sp³-hybridized carbons (Fsp3) is 0.385. The quantitative estimate of drug-likeness (QED) is 0.431. The zero-order valence-corrected chi connectivity index (χ0v) is 21.5. The number of nitriles is 1. The Bertz CT molecular complexity index is 1300. The van der Waals surface area contributed by atoms with Crippen molar-refractivity contribution in [1.29, 1.82) is 5.26 Å². The van der Waals surface area contributed by atoms with Gasteiger partial charge in [0, 0.05) is 32.7 Å². The molecular weight excluding hydrogens is 480 g/mol. The lowest BCUT2D eigenvalue weighted by atomic mass is 10.1. The van der Waals surface area contributed by atoms with Gasteiger partial charge in [0.25, 0.3) is 0 Å². The molecule has 10 heteroatoms. The Hall–Kier alpha value is -3.23. The van der Waals surface area contributed by atoms with E-state index in [2.05, 4.69) is 16.1 Å². The van der Waals surface area contributed by atoms with Gasteiger partial charge >= 0.3 is 0 Å². The fourth-order valence-corrected chi connectivity index (χ4v) is 6.04. The summed E-state index contributed by atoms with van der Waals surface area (Å²) < 4.78 is 44.7. The van der Waals surface area contributed by atoms with E-state index >= 15 is 0 Å². The van der Waals surface area contributed by atoms with Crippen molar-refractivity contribution < 1.29 is 22.4 Å². The lowest BCUT2D eigenvalue weighted by Crippen LogP contribution is -2.49. The topological polar surface area (TPSA) is 109 Å². The van der Waals surface area contributed by atoms with Gasteiger partial charge in [-0.1, -0.05) is 29.4 Å². The van der Waals surface area contributed by atoms with E-state index < -0.39 is 10.0 Å². The fourth-order valence-electron chi connectivity index (χ4n) is 4.33. The van der Waals surface area contributed by atoms with Crippen molar-refractivity contribution in [2.75, 3.05) is 39.8 Å². The Morgan fingerprint density at radius 2 is 1.83 bits per heavy atom. The molecule has 1 aliphatic rings. The second-order valence-electron chi connectivity index (χ2n) is 8.74. The van der Waals surface area contributed by atoms with Crippen LogP contribution in [0.25, 0.3) is 0 Å². The number of rotatable bonds is 9. The summed E-state index contributed by atoms with van der Waals surface area (Å²) in [4.78, 5) is 2.37. The van der Waals surface area contributed by atoms with Crippen molar-refractivity contribution in [2.45, 2.75) is 31.5 Å². The Kier molecular flexibility index (Phi) is 8.06. The Morgan fingerprint density at radius 3 is 2.44 bits per heavy atom. The molecule has 0 radical (unpaired) electrons. The second kappa shape index (κ2) is 11.2. The van der Waals surface area contributed by atoms with Crippen LogP contribution in [0.4, 0.5) is 0 Å². The number of sulfonamides is 1. The van der Waals surface area contributed by atoms with Gasteiger partial charge in [0.1, 0.15) is 16.3 Å². The predicted molar refractivity (Wildman–Crippen MR) is 133 cm³/mol. The van der Waals surface area contributed by atoms with Crippen molar-refractivity contribution in [2.24, 2.45) is 0 Å². The van der Waals surface area contributed by atoms with E-state index in [9.17, 15) is 8.42 Å². The third-order valence-corrected chi connectivity index (χ3v) is 8.46. The number of nitrogens with zero attached hydrogens (tertiary/aromatic N) is 4. The zero-order chi connectivity index (χ0) is 25.7. The van der Waals surface area contributed by atoms with Crippen molar-refractivity contribution >= 4 is 10.0 Å². The molecule has 2 heterocycles. The molecule has 0 bridgehead atoms. The number of piperazine rings is 1. The lowest BCUT2D eigenvalue weighted by Gasteiger charge is -2.35. The highest BCUT2D eigenvalue weighted by molar-refractivity contribution is 7.89. The summed E-state index contributed by atoms with van der Waals surface area (Å²) in [5.41, 5.74) is 2.93. The third kappa shape index (κ3) is 5.77. The number of aromatic nitrogens is 1. The predicted octanol–water partition coefficient (Wildman–Crippen LogP) is 3.44. The van der Waals surface area contributed by atoms with Crippen molar-refractivity contribution in [3.05, 3.63) is 76.7 Å². The molecule has 1 aromatic heterocycles. The first-order chi connectivity index (χ1) is 17.3. The standard InChI is InChI=1S/C26H30N4O5S/c1-19-26(20(2)35-28-19)36(31,32)30-13-11-29(12-14-30)17-25(23-5-4-6-24(15-23)33-3)34-18-22-9-7-21(16-27)8-10-22/h4-10,15,25H,11-14,17-18H2,1-3H3/t25-/m1/s1. The lowest BCUT2D eigenvalue weighted by molar-refractivity contribution is 0.00762. The molecule has 0 saturated carbocycles. The van der Waals surface area contributed by atoms with Crippen molar-refractivity contribution in [3.63, 3.8) is 0 Å². The van der Waals surface area contributed by atoms with Crippen molar-refractivity contribution in [1.82, 2.24) is 14.4 Å². The maximum absolute atomic E-state index is 13.2. The van der Waals surface area contributed by atoms with Crippen LogP contribution < -0.4 is 4.74 Å². The Balaban J connectivity index is 1.45. The summed E-state index contributed by atoms with van der Waals surface area (Å²) >= 11 is 0. The molecule has 3 aromatic rings. The summed E-state index contributed by atoms with van der Waals surface area (Å²) in [5, 5.41) is 12.8. The first-order valence-corrected chi connectivity index (χ1v) is 13.2. The van der Waals surface area contributed by atoms with Crippen LogP contribution in [0, 0.1) is 25.2 Å². The maximum Gasteiger partial charge on any atom is 0.248 e. The molecule has 0 spiro atoms. The Morgan fingerprint density at radius 1 is 1.11 bits per heavy atom. The van der Waals surface area contributed by atoms with E-state index in [1.165, 1.54) is 4.31 Å². The molecule has 1 fully saturated rings. The van der Waals surface area contributed by atoms with Crippen LogP contribution in [-0.4, -0.2) is 62.6 Å². The third-order valence-electron chi connectivity index (χ3n) is 6.32. The number of hydrogen-bond acceptors (Lipinski definition) is 8. The molecule has 0 aliphatic carbocycles. The van der Waals surface area contributed by atoms with Crippen LogP contribution in [-0.2, 0) is 21.4 Å². The highest BCUT2D eigenvalue weighted by Gasteiger charge is 2.33. The molecule has 9 nitrogen and oxygen atoms in total. The van der Waals surface area contributed by atoms with Crippen molar-refractivity contribution in [3.8, 4) is 11.8 Å². The normalized spacial score (nSPS) is 15.9. The average molecular weight is 511 g/mol. The molecule has 1 atom stereocenters.